The van der Waals surface area contributed by atoms with Gasteiger partial charge in [-0.15, -0.1) is 10.2 Å². The molecule has 40 heavy (non-hydrogen) atoms. The van der Waals surface area contributed by atoms with Crippen molar-refractivity contribution >= 4 is 19.2 Å². The molecule has 0 fully saturated rings. The quantitative estimate of drug-likeness (QED) is 0.132. The highest BCUT2D eigenvalue weighted by Crippen LogP contribution is 2.41. The Morgan fingerprint density at radius 2 is 1.48 bits per heavy atom. The summed E-state index contributed by atoms with van der Waals surface area (Å²) >= 11 is 0.824. The molecule has 1 aromatic heterocycles. The van der Waals surface area contributed by atoms with Gasteiger partial charge in [0.2, 0.25) is 0 Å². The third-order valence-electron chi connectivity index (χ3n) is 5.22. The number of hydrogen-bond donors (Lipinski definition) is 3. The zero-order valence-electron chi connectivity index (χ0n) is 20.7. The number of halogens is 6. The van der Waals surface area contributed by atoms with Crippen molar-refractivity contribution in [3.63, 3.8) is 0 Å². The lowest BCUT2D eigenvalue weighted by Gasteiger charge is -2.21. The summed E-state index contributed by atoms with van der Waals surface area (Å²) in [5.74, 6) is -0.794. The van der Waals surface area contributed by atoms with Gasteiger partial charge >= 0.3 is 20.2 Å². The molecule has 3 rings (SSSR count). The molecule has 17 heteroatoms. The number of nitrogens with two attached hydrogens (primary N) is 1. The van der Waals surface area contributed by atoms with E-state index in [0.717, 1.165) is 29.5 Å². The van der Waals surface area contributed by atoms with E-state index in [2.05, 4.69) is 14.7 Å². The van der Waals surface area contributed by atoms with Crippen LogP contribution in [0.1, 0.15) is 35.9 Å². The molecule has 0 saturated carbocycles. The molecular formula is C23H24F6N3O6PS. The molecule has 0 aliphatic heterocycles. The van der Waals surface area contributed by atoms with E-state index in [4.69, 9.17) is 25.0 Å². The molecule has 0 spiro atoms. The molecule has 3 aromatic rings. The van der Waals surface area contributed by atoms with Crippen LogP contribution in [0.25, 0.3) is 10.6 Å². The fourth-order valence-corrected chi connectivity index (χ4v) is 4.58. The van der Waals surface area contributed by atoms with E-state index in [9.17, 15) is 30.9 Å². The smallest absolute Gasteiger partial charge is 0.469 e. The lowest BCUT2D eigenvalue weighted by Crippen LogP contribution is -2.37. The Balaban J connectivity index is 1.63. The number of ether oxygens (including phenoxy) is 2. The molecule has 220 valence electrons. The first kappa shape index (κ1) is 31.8. The van der Waals surface area contributed by atoms with Crippen LogP contribution in [0, 0.1) is 0 Å². The second-order valence-electron chi connectivity index (χ2n) is 8.70. The summed E-state index contributed by atoms with van der Waals surface area (Å²) in [7, 11) is -4.81. The maximum Gasteiger partial charge on any atom is 0.469 e. The van der Waals surface area contributed by atoms with Gasteiger partial charge in [0.05, 0.1) is 36.5 Å². The van der Waals surface area contributed by atoms with E-state index in [1.54, 1.807) is 0 Å². The largest absolute Gasteiger partial charge is 0.493 e. The summed E-state index contributed by atoms with van der Waals surface area (Å²) in [5.41, 5.74) is 2.55. The van der Waals surface area contributed by atoms with Crippen molar-refractivity contribution in [1.82, 2.24) is 10.2 Å². The first-order valence-corrected chi connectivity index (χ1v) is 13.8. The van der Waals surface area contributed by atoms with Crippen molar-refractivity contribution in [2.45, 2.75) is 37.7 Å². The van der Waals surface area contributed by atoms with Crippen LogP contribution < -0.4 is 15.2 Å². The number of aromatic nitrogens is 2. The summed E-state index contributed by atoms with van der Waals surface area (Å²) in [6, 6.07) is 7.95. The van der Waals surface area contributed by atoms with Crippen molar-refractivity contribution in [2.24, 2.45) is 5.73 Å². The number of rotatable bonds is 12. The molecule has 2 aromatic carbocycles. The lowest BCUT2D eigenvalue weighted by molar-refractivity contribution is -0.139. The molecule has 0 unspecified atom stereocenters. The Morgan fingerprint density at radius 1 is 0.900 bits per heavy atom. The molecule has 1 heterocycles. The van der Waals surface area contributed by atoms with Crippen molar-refractivity contribution in [3.05, 3.63) is 58.6 Å². The number of para-hydroxylation sites is 1. The molecule has 0 saturated heterocycles. The van der Waals surface area contributed by atoms with Gasteiger partial charge in [0.15, 0.2) is 0 Å². The highest BCUT2D eigenvalue weighted by Gasteiger charge is 2.36. The SMILES string of the molecule is C[C@](N)(COP(=O)(O)O)c1nnc(-c2ccc(OCCCCOc3ccccc3C(F)(F)F)c(C(F)(F)F)c2)s1. The van der Waals surface area contributed by atoms with Crippen molar-refractivity contribution in [3.8, 4) is 22.1 Å². The van der Waals surface area contributed by atoms with Crippen LogP contribution in [-0.2, 0) is 27.0 Å². The predicted octanol–water partition coefficient (Wildman–Crippen LogP) is 5.76. The second-order valence-corrected chi connectivity index (χ2v) is 10.9. The Kier molecular flexibility index (Phi) is 9.86. The molecular weight excluding hydrogens is 591 g/mol. The lowest BCUT2D eigenvalue weighted by atomic mass is 10.1. The van der Waals surface area contributed by atoms with Gasteiger partial charge in [0.1, 0.15) is 21.5 Å². The first-order valence-electron chi connectivity index (χ1n) is 11.4. The average Bonchev–Trinajstić information content (AvgIpc) is 3.35. The van der Waals surface area contributed by atoms with Gasteiger partial charge in [-0.3, -0.25) is 4.52 Å². The molecule has 0 amide bonds. The van der Waals surface area contributed by atoms with Gasteiger partial charge < -0.3 is 25.0 Å². The topological polar surface area (TPSA) is 137 Å². The van der Waals surface area contributed by atoms with Gasteiger partial charge in [-0.25, -0.2) is 4.57 Å². The number of hydrogen-bond acceptors (Lipinski definition) is 8. The number of benzene rings is 2. The number of phosphoric acid groups is 1. The van der Waals surface area contributed by atoms with Crippen LogP contribution in [0.4, 0.5) is 26.3 Å². The first-order chi connectivity index (χ1) is 18.5. The van der Waals surface area contributed by atoms with E-state index in [0.29, 0.717) is 0 Å². The van der Waals surface area contributed by atoms with Gasteiger partial charge in [-0.1, -0.05) is 23.5 Å². The Bertz CT molecular complexity index is 1350. The third-order valence-corrected chi connectivity index (χ3v) is 6.94. The van der Waals surface area contributed by atoms with E-state index in [1.807, 2.05) is 0 Å². The summed E-state index contributed by atoms with van der Waals surface area (Å²) in [5, 5.41) is 7.80. The van der Waals surface area contributed by atoms with Crippen LogP contribution in [0.2, 0.25) is 0 Å². The van der Waals surface area contributed by atoms with Crippen LogP contribution in [0.15, 0.2) is 42.5 Å². The summed E-state index contributed by atoms with van der Waals surface area (Å²) in [4.78, 5) is 17.7. The zero-order valence-corrected chi connectivity index (χ0v) is 22.4. The van der Waals surface area contributed by atoms with Gasteiger partial charge in [0, 0.05) is 5.56 Å². The Hall–Kier alpha value is -2.75. The normalized spacial score (nSPS) is 14.2. The Morgan fingerprint density at radius 3 is 2.05 bits per heavy atom. The van der Waals surface area contributed by atoms with Gasteiger partial charge in [0.25, 0.3) is 0 Å². The number of phosphoric ester groups is 1. The van der Waals surface area contributed by atoms with Crippen LogP contribution in [-0.4, -0.2) is 39.8 Å². The second kappa shape index (κ2) is 12.4. The highest BCUT2D eigenvalue weighted by molar-refractivity contribution is 7.46. The number of unbranched alkanes of at least 4 members (excludes halogenated alkanes) is 1. The van der Waals surface area contributed by atoms with E-state index in [-0.39, 0.29) is 47.4 Å². The van der Waals surface area contributed by atoms with Gasteiger partial charge in [-0.2, -0.15) is 26.3 Å². The van der Waals surface area contributed by atoms with E-state index >= 15 is 0 Å². The molecule has 0 aliphatic rings. The van der Waals surface area contributed by atoms with Crippen LogP contribution >= 0.6 is 19.2 Å². The average molecular weight is 615 g/mol. The predicted molar refractivity (Wildman–Crippen MR) is 132 cm³/mol. The maximum atomic E-state index is 13.8. The fourth-order valence-electron chi connectivity index (χ4n) is 3.26. The minimum atomic E-state index is -4.81. The molecule has 1 atom stereocenters. The van der Waals surface area contributed by atoms with Crippen molar-refractivity contribution < 1.29 is 54.7 Å². The third kappa shape index (κ3) is 8.88. The zero-order chi connectivity index (χ0) is 29.8. The molecule has 4 N–H and O–H groups in total. The van der Waals surface area contributed by atoms with E-state index in [1.165, 1.54) is 31.2 Å². The highest BCUT2D eigenvalue weighted by atomic mass is 32.1. The number of alkyl halides is 6. The summed E-state index contributed by atoms with van der Waals surface area (Å²) in [6.45, 7) is 0.498. The maximum absolute atomic E-state index is 13.8. The minimum Gasteiger partial charge on any atom is -0.493 e. The molecule has 0 aliphatic carbocycles. The number of nitrogens with zero attached hydrogens (tertiary/aromatic N) is 2. The molecule has 0 radical (unpaired) electrons. The summed E-state index contributed by atoms with van der Waals surface area (Å²) < 4.78 is 106. The fraction of sp³-hybridized carbons (Fsp3) is 0.391. The van der Waals surface area contributed by atoms with E-state index < -0.39 is 49.2 Å². The van der Waals surface area contributed by atoms with Crippen molar-refractivity contribution in [1.29, 1.82) is 0 Å². The van der Waals surface area contributed by atoms with Crippen molar-refractivity contribution in [2.75, 3.05) is 19.8 Å². The Labute approximate surface area is 228 Å². The molecule has 0 bridgehead atoms. The summed E-state index contributed by atoms with van der Waals surface area (Å²) in [6.07, 6.45) is -8.94. The van der Waals surface area contributed by atoms with Gasteiger partial charge in [-0.05, 0) is 50.1 Å². The van der Waals surface area contributed by atoms with Crippen LogP contribution in [0.5, 0.6) is 11.5 Å². The van der Waals surface area contributed by atoms with Crippen LogP contribution in [0.3, 0.4) is 0 Å². The standard InChI is InChI=1S/C23H24F6N3O6PS/c1-21(30,13-38-39(33,34)35)20-32-31-19(40-20)14-8-9-18(16(12-14)23(27,28)29)37-11-5-4-10-36-17-7-3-2-6-15(17)22(24,25)26/h2-3,6-9,12H,4-5,10-11,13,30H2,1H3,(H2,33,34,35)/t21-/m0/s1. The minimum absolute atomic E-state index is 0.0480. The molecule has 9 nitrogen and oxygen atoms in total. The monoisotopic (exact) mass is 615 g/mol.